The standard InChI is InChI=1S/C23H37FN2/c1-6-23(4,5)18-19(3)26-16-13-22(14-17-26)25(7-2)15-12-20-8-10-21(24)11-9-20/h8-11,22H,3,6-7,12-18H2,1-2,4-5H3. The van der Waals surface area contributed by atoms with Gasteiger partial charge < -0.3 is 9.80 Å². The molecule has 0 amide bonds. The van der Waals surface area contributed by atoms with Crippen LogP contribution >= 0.6 is 0 Å². The van der Waals surface area contributed by atoms with Crippen LogP contribution in [0.2, 0.25) is 0 Å². The van der Waals surface area contributed by atoms with Gasteiger partial charge in [0.25, 0.3) is 0 Å². The van der Waals surface area contributed by atoms with E-state index in [1.807, 2.05) is 12.1 Å². The van der Waals surface area contributed by atoms with E-state index >= 15 is 0 Å². The fraction of sp³-hybridized carbons (Fsp3) is 0.652. The smallest absolute Gasteiger partial charge is 0.123 e. The highest BCUT2D eigenvalue weighted by atomic mass is 19.1. The Morgan fingerprint density at radius 2 is 1.81 bits per heavy atom. The Labute approximate surface area is 160 Å². The second-order valence-corrected chi connectivity index (χ2v) is 8.48. The summed E-state index contributed by atoms with van der Waals surface area (Å²) in [4.78, 5) is 5.10. The van der Waals surface area contributed by atoms with Crippen molar-refractivity contribution in [2.45, 2.75) is 65.8 Å². The lowest BCUT2D eigenvalue weighted by molar-refractivity contribution is 0.124. The van der Waals surface area contributed by atoms with Gasteiger partial charge >= 0.3 is 0 Å². The van der Waals surface area contributed by atoms with Gasteiger partial charge in [0, 0.05) is 31.4 Å². The highest BCUT2D eigenvalue weighted by molar-refractivity contribution is 5.16. The van der Waals surface area contributed by atoms with E-state index in [2.05, 4.69) is 44.1 Å². The summed E-state index contributed by atoms with van der Waals surface area (Å²) in [7, 11) is 0. The predicted octanol–water partition coefficient (Wildman–Crippen LogP) is 5.49. The molecule has 0 radical (unpaired) electrons. The van der Waals surface area contributed by atoms with E-state index in [4.69, 9.17) is 0 Å². The van der Waals surface area contributed by atoms with E-state index in [-0.39, 0.29) is 5.82 Å². The molecule has 26 heavy (non-hydrogen) atoms. The summed E-state index contributed by atoms with van der Waals surface area (Å²) in [5.41, 5.74) is 2.88. The minimum Gasteiger partial charge on any atom is -0.375 e. The van der Waals surface area contributed by atoms with E-state index in [1.54, 1.807) is 12.1 Å². The summed E-state index contributed by atoms with van der Waals surface area (Å²) in [6, 6.07) is 7.60. The second-order valence-electron chi connectivity index (χ2n) is 8.48. The molecule has 0 bridgehead atoms. The average Bonchev–Trinajstić information content (AvgIpc) is 2.64. The molecule has 0 N–H and O–H groups in total. The third kappa shape index (κ3) is 6.12. The van der Waals surface area contributed by atoms with E-state index in [0.717, 1.165) is 39.0 Å². The number of halogens is 1. The third-order valence-electron chi connectivity index (χ3n) is 6.07. The van der Waals surface area contributed by atoms with Crippen LogP contribution in [0.3, 0.4) is 0 Å². The zero-order valence-electron chi connectivity index (χ0n) is 17.2. The minimum absolute atomic E-state index is 0.153. The molecule has 1 aromatic rings. The van der Waals surface area contributed by atoms with Gasteiger partial charge in [0.1, 0.15) is 5.82 Å². The zero-order valence-corrected chi connectivity index (χ0v) is 17.2. The van der Waals surface area contributed by atoms with Crippen molar-refractivity contribution in [3.63, 3.8) is 0 Å². The summed E-state index contributed by atoms with van der Waals surface area (Å²) in [6.45, 7) is 17.9. The second kappa shape index (κ2) is 9.55. The average molecular weight is 361 g/mol. The first-order chi connectivity index (χ1) is 12.3. The lowest BCUT2D eigenvalue weighted by Crippen LogP contribution is -2.45. The molecule has 2 rings (SSSR count). The molecule has 1 saturated heterocycles. The van der Waals surface area contributed by atoms with Crippen molar-refractivity contribution in [2.75, 3.05) is 26.2 Å². The molecule has 1 aliphatic rings. The Kier molecular flexibility index (Phi) is 7.69. The van der Waals surface area contributed by atoms with Crippen molar-refractivity contribution < 1.29 is 4.39 Å². The maximum atomic E-state index is 13.0. The topological polar surface area (TPSA) is 6.48 Å². The van der Waals surface area contributed by atoms with Crippen LogP contribution < -0.4 is 0 Å². The number of allylic oxidation sites excluding steroid dienone is 1. The quantitative estimate of drug-likeness (QED) is 0.574. The molecular weight excluding hydrogens is 323 g/mol. The Balaban J connectivity index is 1.81. The van der Waals surface area contributed by atoms with Crippen LogP contribution in [0, 0.1) is 11.2 Å². The van der Waals surface area contributed by atoms with Crippen LogP contribution in [0.4, 0.5) is 4.39 Å². The number of likely N-dealkylation sites (tertiary alicyclic amines) is 1. The van der Waals surface area contributed by atoms with Crippen molar-refractivity contribution in [1.82, 2.24) is 9.80 Å². The largest absolute Gasteiger partial charge is 0.375 e. The fourth-order valence-corrected chi connectivity index (χ4v) is 3.86. The molecule has 0 atom stereocenters. The first-order valence-corrected chi connectivity index (χ1v) is 10.3. The first-order valence-electron chi connectivity index (χ1n) is 10.3. The molecule has 1 aromatic carbocycles. The molecule has 0 spiro atoms. The maximum Gasteiger partial charge on any atom is 0.123 e. The monoisotopic (exact) mass is 360 g/mol. The van der Waals surface area contributed by atoms with Gasteiger partial charge in [-0.1, -0.05) is 52.8 Å². The summed E-state index contributed by atoms with van der Waals surface area (Å²) in [5, 5.41) is 0. The SMILES string of the molecule is C=C(CC(C)(C)CC)N1CCC(N(CC)CCc2ccc(F)cc2)CC1. The Bertz CT molecular complexity index is 556. The van der Waals surface area contributed by atoms with Crippen molar-refractivity contribution in [3.8, 4) is 0 Å². The summed E-state index contributed by atoms with van der Waals surface area (Å²) in [6.07, 6.45) is 5.70. The van der Waals surface area contributed by atoms with Crippen molar-refractivity contribution in [2.24, 2.45) is 5.41 Å². The van der Waals surface area contributed by atoms with Gasteiger partial charge in [-0.3, -0.25) is 0 Å². The minimum atomic E-state index is -0.153. The van der Waals surface area contributed by atoms with E-state index in [9.17, 15) is 4.39 Å². The molecule has 146 valence electrons. The molecule has 0 unspecified atom stereocenters. The molecular formula is C23H37FN2. The number of nitrogens with zero attached hydrogens (tertiary/aromatic N) is 2. The normalized spacial score (nSPS) is 16.3. The van der Waals surface area contributed by atoms with Gasteiger partial charge in [-0.25, -0.2) is 4.39 Å². The van der Waals surface area contributed by atoms with Gasteiger partial charge in [-0.15, -0.1) is 0 Å². The van der Waals surface area contributed by atoms with E-state index in [0.29, 0.717) is 11.5 Å². The summed E-state index contributed by atoms with van der Waals surface area (Å²) >= 11 is 0. The van der Waals surface area contributed by atoms with E-state index in [1.165, 1.54) is 30.5 Å². The van der Waals surface area contributed by atoms with Gasteiger partial charge in [0.05, 0.1) is 0 Å². The molecule has 1 fully saturated rings. The fourth-order valence-electron chi connectivity index (χ4n) is 3.86. The molecule has 3 heteroatoms. The van der Waals surface area contributed by atoms with Gasteiger partial charge in [-0.2, -0.15) is 0 Å². The summed E-state index contributed by atoms with van der Waals surface area (Å²) < 4.78 is 13.0. The molecule has 1 aliphatic heterocycles. The van der Waals surface area contributed by atoms with Gasteiger partial charge in [-0.05, 0) is 55.3 Å². The van der Waals surface area contributed by atoms with Crippen LogP contribution in [0.25, 0.3) is 0 Å². The molecule has 2 nitrogen and oxygen atoms in total. The summed E-state index contributed by atoms with van der Waals surface area (Å²) in [5.74, 6) is -0.153. The number of rotatable bonds is 9. The first kappa shape index (κ1) is 21.0. The van der Waals surface area contributed by atoms with Crippen molar-refractivity contribution in [3.05, 3.63) is 47.9 Å². The molecule has 0 aliphatic carbocycles. The highest BCUT2D eigenvalue weighted by Gasteiger charge is 2.26. The highest BCUT2D eigenvalue weighted by Crippen LogP contribution is 2.31. The molecule has 0 saturated carbocycles. The maximum absolute atomic E-state index is 13.0. The predicted molar refractivity (Wildman–Crippen MR) is 110 cm³/mol. The van der Waals surface area contributed by atoms with Crippen LogP contribution in [0.15, 0.2) is 36.5 Å². The van der Waals surface area contributed by atoms with Crippen molar-refractivity contribution in [1.29, 1.82) is 0 Å². The lowest BCUT2D eigenvalue weighted by atomic mass is 9.85. The number of piperidine rings is 1. The Morgan fingerprint density at radius 1 is 1.19 bits per heavy atom. The Morgan fingerprint density at radius 3 is 2.35 bits per heavy atom. The van der Waals surface area contributed by atoms with Crippen LogP contribution in [0.1, 0.15) is 58.9 Å². The van der Waals surface area contributed by atoms with Crippen molar-refractivity contribution >= 4 is 0 Å². The van der Waals surface area contributed by atoms with Gasteiger partial charge in [0.15, 0.2) is 0 Å². The van der Waals surface area contributed by atoms with Crippen LogP contribution in [-0.4, -0.2) is 42.0 Å². The van der Waals surface area contributed by atoms with Crippen LogP contribution in [-0.2, 0) is 6.42 Å². The zero-order chi connectivity index (χ0) is 19.2. The number of hydrogen-bond acceptors (Lipinski definition) is 2. The molecule has 0 aromatic heterocycles. The van der Waals surface area contributed by atoms with Gasteiger partial charge in [0.2, 0.25) is 0 Å². The lowest BCUT2D eigenvalue weighted by Gasteiger charge is -2.41. The number of likely N-dealkylation sites (N-methyl/N-ethyl adjacent to an activating group) is 1. The van der Waals surface area contributed by atoms with E-state index < -0.39 is 0 Å². The van der Waals surface area contributed by atoms with Crippen LogP contribution in [0.5, 0.6) is 0 Å². The number of benzene rings is 1. The molecule has 1 heterocycles. The third-order valence-corrected chi connectivity index (χ3v) is 6.07. The number of hydrogen-bond donors (Lipinski definition) is 0. The Hall–Kier alpha value is -1.35.